The molecule has 0 saturated heterocycles. The molecule has 0 N–H and O–H groups in total. The molecule has 20 heavy (non-hydrogen) atoms. The van der Waals surface area contributed by atoms with E-state index < -0.39 is 0 Å². The van der Waals surface area contributed by atoms with Crippen LogP contribution in [-0.2, 0) is 0 Å². The van der Waals surface area contributed by atoms with Gasteiger partial charge in [0.25, 0.3) is 0 Å². The molecular weight excluding hydrogens is 242 g/mol. The lowest BCUT2D eigenvalue weighted by atomic mass is 9.59. The second-order valence-electron chi connectivity index (χ2n) is 7.51. The van der Waals surface area contributed by atoms with Gasteiger partial charge >= 0.3 is 0 Å². The fourth-order valence-corrected chi connectivity index (χ4v) is 4.91. The first-order valence-corrected chi connectivity index (χ1v) is 9.15. The molecule has 2 aliphatic carbocycles. The van der Waals surface area contributed by atoms with Crippen LogP contribution in [0.3, 0.4) is 0 Å². The molecule has 0 aromatic carbocycles. The van der Waals surface area contributed by atoms with Gasteiger partial charge in [0.15, 0.2) is 0 Å². The predicted molar refractivity (Wildman–Crippen MR) is 85.3 cm³/mol. The second-order valence-corrected chi connectivity index (χ2v) is 7.51. The monoisotopic (exact) mass is 275 g/mol. The van der Waals surface area contributed by atoms with E-state index in [9.17, 15) is 5.26 Å². The predicted octanol–water partition coefficient (Wildman–Crippen LogP) is 6.09. The molecule has 0 bridgehead atoms. The molecule has 0 aromatic heterocycles. The lowest BCUT2D eigenvalue weighted by Crippen LogP contribution is -2.36. The highest BCUT2D eigenvalue weighted by molar-refractivity contribution is 5.06. The van der Waals surface area contributed by atoms with E-state index in [0.717, 1.165) is 11.8 Å². The largest absolute Gasteiger partial charge is 0.198 e. The number of rotatable bonds is 5. The van der Waals surface area contributed by atoms with Crippen molar-refractivity contribution >= 4 is 0 Å². The molecule has 0 aliphatic heterocycles. The molecule has 0 heterocycles. The summed E-state index contributed by atoms with van der Waals surface area (Å²) < 4.78 is 0. The zero-order chi connectivity index (χ0) is 14.4. The third kappa shape index (κ3) is 3.57. The minimum atomic E-state index is 0.0570. The molecule has 0 atom stereocenters. The van der Waals surface area contributed by atoms with Gasteiger partial charge in [0, 0.05) is 0 Å². The minimum Gasteiger partial charge on any atom is -0.198 e. The SMILES string of the molecule is CCCC1CCC(C2(C#N)CCC(CCC)CC2)CC1. The highest BCUT2D eigenvalue weighted by Crippen LogP contribution is 2.50. The summed E-state index contributed by atoms with van der Waals surface area (Å²) in [6.07, 6.45) is 15.9. The maximum Gasteiger partial charge on any atom is 0.0692 e. The first-order chi connectivity index (χ1) is 9.74. The zero-order valence-corrected chi connectivity index (χ0v) is 13.7. The van der Waals surface area contributed by atoms with Gasteiger partial charge in [-0.3, -0.25) is 0 Å². The Kier molecular flexibility index (Phi) is 5.94. The van der Waals surface area contributed by atoms with E-state index in [-0.39, 0.29) is 5.41 Å². The van der Waals surface area contributed by atoms with Gasteiger partial charge in [-0.05, 0) is 56.3 Å². The van der Waals surface area contributed by atoms with Gasteiger partial charge in [0.05, 0.1) is 11.5 Å². The van der Waals surface area contributed by atoms with Gasteiger partial charge in [-0.2, -0.15) is 5.26 Å². The van der Waals surface area contributed by atoms with E-state index in [0.29, 0.717) is 5.92 Å². The molecule has 2 aliphatic rings. The van der Waals surface area contributed by atoms with Crippen molar-refractivity contribution in [3.05, 3.63) is 0 Å². The molecule has 0 unspecified atom stereocenters. The van der Waals surface area contributed by atoms with Crippen molar-refractivity contribution in [2.75, 3.05) is 0 Å². The fraction of sp³-hybridized carbons (Fsp3) is 0.947. The minimum absolute atomic E-state index is 0.0570. The van der Waals surface area contributed by atoms with Crippen LogP contribution in [0.5, 0.6) is 0 Å². The van der Waals surface area contributed by atoms with Crippen molar-refractivity contribution < 1.29 is 0 Å². The Morgan fingerprint density at radius 1 is 0.850 bits per heavy atom. The van der Waals surface area contributed by atoms with Gasteiger partial charge in [-0.15, -0.1) is 0 Å². The summed E-state index contributed by atoms with van der Waals surface area (Å²) in [5, 5.41) is 9.83. The maximum atomic E-state index is 9.83. The van der Waals surface area contributed by atoms with Crippen molar-refractivity contribution in [3.8, 4) is 6.07 Å². The first kappa shape index (κ1) is 15.9. The van der Waals surface area contributed by atoms with Crippen LogP contribution in [0.2, 0.25) is 0 Å². The van der Waals surface area contributed by atoms with Gasteiger partial charge in [-0.25, -0.2) is 0 Å². The highest BCUT2D eigenvalue weighted by Gasteiger charge is 2.43. The van der Waals surface area contributed by atoms with E-state index in [2.05, 4.69) is 19.9 Å². The Bertz CT molecular complexity index is 311. The molecule has 1 heteroatoms. The van der Waals surface area contributed by atoms with Crippen LogP contribution in [0.1, 0.15) is 90.9 Å². The number of nitriles is 1. The van der Waals surface area contributed by atoms with Gasteiger partial charge in [0.1, 0.15) is 0 Å². The molecule has 2 saturated carbocycles. The average Bonchev–Trinajstić information content (AvgIpc) is 2.50. The van der Waals surface area contributed by atoms with Crippen molar-refractivity contribution in [3.63, 3.8) is 0 Å². The van der Waals surface area contributed by atoms with Crippen LogP contribution in [-0.4, -0.2) is 0 Å². The van der Waals surface area contributed by atoms with Crippen LogP contribution >= 0.6 is 0 Å². The highest BCUT2D eigenvalue weighted by atomic mass is 14.5. The van der Waals surface area contributed by atoms with E-state index >= 15 is 0 Å². The lowest BCUT2D eigenvalue weighted by Gasteiger charge is -2.43. The average molecular weight is 275 g/mol. The van der Waals surface area contributed by atoms with E-state index in [1.807, 2.05) is 0 Å². The van der Waals surface area contributed by atoms with E-state index in [1.54, 1.807) is 0 Å². The van der Waals surface area contributed by atoms with Gasteiger partial charge in [0.2, 0.25) is 0 Å². The maximum absolute atomic E-state index is 9.83. The molecule has 2 rings (SSSR count). The third-order valence-electron chi connectivity index (χ3n) is 6.24. The van der Waals surface area contributed by atoms with Crippen molar-refractivity contribution in [2.24, 2.45) is 23.2 Å². The Balaban J connectivity index is 1.88. The Labute approximate surface area is 126 Å². The summed E-state index contributed by atoms with van der Waals surface area (Å²) >= 11 is 0. The number of hydrogen-bond acceptors (Lipinski definition) is 1. The standard InChI is InChI=1S/C19H33N/c1-3-5-16-7-9-18(10-8-16)19(15-20)13-11-17(6-4-2)12-14-19/h16-18H,3-14H2,1-2H3. The molecule has 0 radical (unpaired) electrons. The van der Waals surface area contributed by atoms with Crippen molar-refractivity contribution in [2.45, 2.75) is 90.9 Å². The molecule has 1 nitrogen and oxygen atoms in total. The number of nitrogens with zero attached hydrogens (tertiary/aromatic N) is 1. The smallest absolute Gasteiger partial charge is 0.0692 e. The third-order valence-corrected chi connectivity index (χ3v) is 6.24. The van der Waals surface area contributed by atoms with E-state index in [1.165, 1.54) is 77.0 Å². The summed E-state index contributed by atoms with van der Waals surface area (Å²) in [6, 6.07) is 2.80. The van der Waals surface area contributed by atoms with Crippen LogP contribution in [0.4, 0.5) is 0 Å². The molecule has 0 amide bonds. The van der Waals surface area contributed by atoms with Crippen LogP contribution in [0, 0.1) is 34.5 Å². The van der Waals surface area contributed by atoms with Gasteiger partial charge < -0.3 is 0 Å². The summed E-state index contributed by atoms with van der Waals surface area (Å²) in [5.41, 5.74) is 0.0570. The summed E-state index contributed by atoms with van der Waals surface area (Å²) in [4.78, 5) is 0. The summed E-state index contributed by atoms with van der Waals surface area (Å²) in [6.45, 7) is 4.60. The lowest BCUT2D eigenvalue weighted by molar-refractivity contribution is 0.0850. The summed E-state index contributed by atoms with van der Waals surface area (Å²) in [7, 11) is 0. The number of hydrogen-bond donors (Lipinski definition) is 0. The molecular formula is C19H33N. The molecule has 0 spiro atoms. The Hall–Kier alpha value is -0.510. The molecule has 0 aromatic rings. The molecule has 2 fully saturated rings. The van der Waals surface area contributed by atoms with Crippen LogP contribution < -0.4 is 0 Å². The quantitative estimate of drug-likeness (QED) is 0.595. The van der Waals surface area contributed by atoms with Crippen molar-refractivity contribution in [1.29, 1.82) is 5.26 Å². The first-order valence-electron chi connectivity index (χ1n) is 9.15. The molecule has 114 valence electrons. The topological polar surface area (TPSA) is 23.8 Å². The normalized spacial score (nSPS) is 38.4. The van der Waals surface area contributed by atoms with Gasteiger partial charge in [-0.1, -0.05) is 52.4 Å². The van der Waals surface area contributed by atoms with Crippen LogP contribution in [0.25, 0.3) is 0 Å². The second kappa shape index (κ2) is 7.48. The Morgan fingerprint density at radius 3 is 1.80 bits per heavy atom. The Morgan fingerprint density at radius 2 is 1.35 bits per heavy atom. The zero-order valence-electron chi connectivity index (χ0n) is 13.7. The van der Waals surface area contributed by atoms with E-state index in [4.69, 9.17) is 0 Å². The fourth-order valence-electron chi connectivity index (χ4n) is 4.91. The van der Waals surface area contributed by atoms with Crippen LogP contribution in [0.15, 0.2) is 0 Å². The van der Waals surface area contributed by atoms with Crippen molar-refractivity contribution in [1.82, 2.24) is 0 Å². The summed E-state index contributed by atoms with van der Waals surface area (Å²) in [5.74, 6) is 2.59.